The molecule has 0 aliphatic carbocycles. The maximum atomic E-state index is 11.1. The molecule has 1 aromatic rings. The predicted molar refractivity (Wildman–Crippen MR) is 62.7 cm³/mol. The topological polar surface area (TPSA) is 105 Å². The van der Waals surface area contributed by atoms with Gasteiger partial charge in [-0.05, 0) is 26.0 Å². The maximum Gasteiger partial charge on any atom is 0.354 e. The molecule has 0 saturated carbocycles. The normalized spacial score (nSPS) is 10.9. The number of aromatic nitrogens is 1. The van der Waals surface area contributed by atoms with Crippen LogP contribution in [0.4, 0.5) is 5.82 Å². The Hall–Kier alpha value is -2.11. The summed E-state index contributed by atoms with van der Waals surface area (Å²) in [4.78, 5) is 25.7. The van der Waals surface area contributed by atoms with Gasteiger partial charge in [0.2, 0.25) is 5.91 Å². The third-order valence-corrected chi connectivity index (χ3v) is 2.35. The van der Waals surface area contributed by atoms with Crippen molar-refractivity contribution in [3.63, 3.8) is 0 Å². The SMILES string of the molecule is CC(C)(CNc1cccc(C(=O)O)n1)C(N)=O. The summed E-state index contributed by atoms with van der Waals surface area (Å²) in [6.45, 7) is 3.69. The number of carboxylic acids is 1. The number of rotatable bonds is 5. The van der Waals surface area contributed by atoms with E-state index in [1.807, 2.05) is 0 Å². The smallest absolute Gasteiger partial charge is 0.354 e. The van der Waals surface area contributed by atoms with Crippen molar-refractivity contribution in [2.75, 3.05) is 11.9 Å². The number of hydrogen-bond donors (Lipinski definition) is 3. The second-order valence-corrected chi connectivity index (χ2v) is 4.31. The molecule has 0 bridgehead atoms. The Morgan fingerprint density at radius 3 is 2.65 bits per heavy atom. The lowest BCUT2D eigenvalue weighted by Gasteiger charge is -2.21. The number of carbonyl (C=O) groups excluding carboxylic acids is 1. The van der Waals surface area contributed by atoms with Gasteiger partial charge in [0, 0.05) is 6.54 Å². The second-order valence-electron chi connectivity index (χ2n) is 4.31. The largest absolute Gasteiger partial charge is 0.477 e. The van der Waals surface area contributed by atoms with Gasteiger partial charge in [0.05, 0.1) is 5.41 Å². The zero-order valence-corrected chi connectivity index (χ0v) is 9.73. The highest BCUT2D eigenvalue weighted by Gasteiger charge is 2.24. The van der Waals surface area contributed by atoms with Gasteiger partial charge >= 0.3 is 5.97 Å². The van der Waals surface area contributed by atoms with Gasteiger partial charge in [-0.2, -0.15) is 0 Å². The molecule has 6 heteroatoms. The molecular formula is C11H15N3O3. The third kappa shape index (κ3) is 3.44. The molecule has 0 fully saturated rings. The van der Waals surface area contributed by atoms with Gasteiger partial charge in [-0.15, -0.1) is 0 Å². The van der Waals surface area contributed by atoms with Gasteiger partial charge < -0.3 is 16.2 Å². The summed E-state index contributed by atoms with van der Waals surface area (Å²) in [5.41, 5.74) is 4.45. The lowest BCUT2D eigenvalue weighted by Crippen LogP contribution is -2.37. The van der Waals surface area contributed by atoms with Gasteiger partial charge in [0.1, 0.15) is 5.82 Å². The van der Waals surface area contributed by atoms with Crippen LogP contribution in [0.2, 0.25) is 0 Å². The zero-order valence-electron chi connectivity index (χ0n) is 9.73. The van der Waals surface area contributed by atoms with Gasteiger partial charge in [-0.1, -0.05) is 6.07 Å². The summed E-state index contributed by atoms with van der Waals surface area (Å²) in [5.74, 6) is -1.12. The van der Waals surface area contributed by atoms with Crippen molar-refractivity contribution < 1.29 is 14.7 Å². The zero-order chi connectivity index (χ0) is 13.1. The molecule has 0 saturated heterocycles. The first-order valence-electron chi connectivity index (χ1n) is 5.07. The summed E-state index contributed by atoms with van der Waals surface area (Å²) in [7, 11) is 0. The van der Waals surface area contributed by atoms with Crippen LogP contribution in [0.5, 0.6) is 0 Å². The molecule has 0 aliphatic heterocycles. The van der Waals surface area contributed by atoms with Gasteiger partial charge in [0.25, 0.3) is 0 Å². The molecule has 1 rings (SSSR count). The number of aromatic carboxylic acids is 1. The number of nitrogens with zero attached hydrogens (tertiary/aromatic N) is 1. The van der Waals surface area contributed by atoms with E-state index in [1.165, 1.54) is 6.07 Å². The number of nitrogens with two attached hydrogens (primary N) is 1. The first-order chi connectivity index (χ1) is 7.83. The van der Waals surface area contributed by atoms with Crippen LogP contribution in [-0.2, 0) is 4.79 Å². The number of anilines is 1. The van der Waals surface area contributed by atoms with Crippen LogP contribution >= 0.6 is 0 Å². The summed E-state index contributed by atoms with van der Waals surface area (Å²) in [5, 5.41) is 11.6. The van der Waals surface area contributed by atoms with Crippen molar-refractivity contribution in [3.8, 4) is 0 Å². The molecule has 0 radical (unpaired) electrons. The Morgan fingerprint density at radius 1 is 1.47 bits per heavy atom. The van der Waals surface area contributed by atoms with Crippen LogP contribution < -0.4 is 11.1 Å². The average Bonchev–Trinajstić information content (AvgIpc) is 2.26. The van der Waals surface area contributed by atoms with Crippen molar-refractivity contribution in [1.29, 1.82) is 0 Å². The molecule has 0 aromatic carbocycles. The van der Waals surface area contributed by atoms with E-state index in [9.17, 15) is 9.59 Å². The Morgan fingerprint density at radius 2 is 2.12 bits per heavy atom. The molecule has 92 valence electrons. The summed E-state index contributed by atoms with van der Waals surface area (Å²) in [6, 6.07) is 4.60. The number of amides is 1. The highest BCUT2D eigenvalue weighted by Crippen LogP contribution is 2.15. The van der Waals surface area contributed by atoms with E-state index in [0.717, 1.165) is 0 Å². The van der Waals surface area contributed by atoms with E-state index in [1.54, 1.807) is 26.0 Å². The molecule has 17 heavy (non-hydrogen) atoms. The Bertz CT molecular complexity index is 443. The first-order valence-corrected chi connectivity index (χ1v) is 5.07. The Labute approximate surface area is 98.8 Å². The van der Waals surface area contributed by atoms with Crippen molar-refractivity contribution in [2.45, 2.75) is 13.8 Å². The fraction of sp³-hybridized carbons (Fsp3) is 0.364. The summed E-state index contributed by atoms with van der Waals surface area (Å²) >= 11 is 0. The first kappa shape index (κ1) is 13.0. The Kier molecular flexibility index (Phi) is 3.67. The standard InChI is InChI=1S/C11H15N3O3/c1-11(2,10(12)17)6-13-8-5-3-4-7(14-8)9(15)16/h3-5H,6H2,1-2H3,(H2,12,17)(H,13,14)(H,15,16). The van der Waals surface area contributed by atoms with E-state index in [-0.39, 0.29) is 5.69 Å². The molecule has 4 N–H and O–H groups in total. The Balaban J connectivity index is 2.73. The maximum absolute atomic E-state index is 11.1. The quantitative estimate of drug-likeness (QED) is 0.699. The van der Waals surface area contributed by atoms with E-state index < -0.39 is 17.3 Å². The van der Waals surface area contributed by atoms with E-state index in [2.05, 4.69) is 10.3 Å². The van der Waals surface area contributed by atoms with Crippen LogP contribution in [0.3, 0.4) is 0 Å². The van der Waals surface area contributed by atoms with E-state index in [0.29, 0.717) is 12.4 Å². The minimum atomic E-state index is -1.09. The molecule has 0 atom stereocenters. The average molecular weight is 237 g/mol. The van der Waals surface area contributed by atoms with Crippen molar-refractivity contribution >= 4 is 17.7 Å². The molecule has 0 spiro atoms. The number of carbonyl (C=O) groups is 2. The minimum Gasteiger partial charge on any atom is -0.477 e. The molecule has 1 aromatic heterocycles. The highest BCUT2D eigenvalue weighted by atomic mass is 16.4. The molecule has 0 unspecified atom stereocenters. The molecule has 6 nitrogen and oxygen atoms in total. The predicted octanol–water partition coefficient (Wildman–Crippen LogP) is 0.703. The van der Waals surface area contributed by atoms with Crippen molar-refractivity contribution in [2.24, 2.45) is 11.1 Å². The summed E-state index contributed by atoms with van der Waals surface area (Å²) < 4.78 is 0. The van der Waals surface area contributed by atoms with Gasteiger partial charge in [-0.25, -0.2) is 9.78 Å². The van der Waals surface area contributed by atoms with Gasteiger partial charge in [-0.3, -0.25) is 4.79 Å². The van der Waals surface area contributed by atoms with E-state index in [4.69, 9.17) is 10.8 Å². The number of primary amides is 1. The third-order valence-electron chi connectivity index (χ3n) is 2.35. The number of carboxylic acid groups (broad SMARTS) is 1. The molecular weight excluding hydrogens is 222 g/mol. The monoisotopic (exact) mass is 237 g/mol. The number of nitrogens with one attached hydrogen (secondary N) is 1. The van der Waals surface area contributed by atoms with Crippen molar-refractivity contribution in [1.82, 2.24) is 4.98 Å². The van der Waals surface area contributed by atoms with Crippen LogP contribution in [0.1, 0.15) is 24.3 Å². The molecule has 1 amide bonds. The van der Waals surface area contributed by atoms with E-state index >= 15 is 0 Å². The fourth-order valence-corrected chi connectivity index (χ4v) is 1.05. The molecule has 1 heterocycles. The lowest BCUT2D eigenvalue weighted by molar-refractivity contribution is -0.125. The minimum absolute atomic E-state index is 0.0492. The highest BCUT2D eigenvalue weighted by molar-refractivity contribution is 5.85. The fourth-order valence-electron chi connectivity index (χ4n) is 1.05. The van der Waals surface area contributed by atoms with Gasteiger partial charge in [0.15, 0.2) is 5.69 Å². The second kappa shape index (κ2) is 4.82. The van der Waals surface area contributed by atoms with Crippen LogP contribution in [0.25, 0.3) is 0 Å². The lowest BCUT2D eigenvalue weighted by atomic mass is 9.93. The number of hydrogen-bond acceptors (Lipinski definition) is 4. The van der Waals surface area contributed by atoms with Crippen LogP contribution in [-0.4, -0.2) is 28.5 Å². The summed E-state index contributed by atoms with van der Waals surface area (Å²) in [6.07, 6.45) is 0. The molecule has 0 aliphatic rings. The van der Waals surface area contributed by atoms with Crippen LogP contribution in [0.15, 0.2) is 18.2 Å². The number of pyridine rings is 1. The van der Waals surface area contributed by atoms with Crippen LogP contribution in [0, 0.1) is 5.41 Å². The van der Waals surface area contributed by atoms with Crippen molar-refractivity contribution in [3.05, 3.63) is 23.9 Å².